The van der Waals surface area contributed by atoms with Crippen molar-refractivity contribution in [2.45, 2.75) is 114 Å². The molecular formula is C40H52N4O8. The monoisotopic (exact) mass is 716 g/mol. The fourth-order valence-electron chi connectivity index (χ4n) is 7.59. The first-order chi connectivity index (χ1) is 25.4. The number of hydrogen-bond donors (Lipinski definition) is 4. The van der Waals surface area contributed by atoms with Gasteiger partial charge in [-0.25, -0.2) is 9.59 Å². The molecule has 2 saturated carbocycles. The Bertz CT molecular complexity index is 1480. The Labute approximate surface area is 305 Å². The summed E-state index contributed by atoms with van der Waals surface area (Å²) < 4.78 is 23.7. The van der Waals surface area contributed by atoms with Crippen molar-refractivity contribution < 1.29 is 38.1 Å². The van der Waals surface area contributed by atoms with Crippen LogP contribution in [0.25, 0.3) is 0 Å². The van der Waals surface area contributed by atoms with Crippen LogP contribution in [0.3, 0.4) is 0 Å². The van der Waals surface area contributed by atoms with Crippen LogP contribution in [0.2, 0.25) is 0 Å². The number of benzene rings is 2. The van der Waals surface area contributed by atoms with E-state index in [9.17, 15) is 19.2 Å². The van der Waals surface area contributed by atoms with Gasteiger partial charge in [-0.2, -0.15) is 0 Å². The molecule has 4 N–H and O–H groups in total. The second-order valence-corrected chi connectivity index (χ2v) is 14.0. The Morgan fingerprint density at radius 3 is 1.54 bits per heavy atom. The smallest absolute Gasteiger partial charge is 0.331 e. The summed E-state index contributed by atoms with van der Waals surface area (Å²) in [6.45, 7) is 2.49. The number of amides is 2. The quantitative estimate of drug-likeness (QED) is 0.104. The first kappa shape index (κ1) is 37.3. The van der Waals surface area contributed by atoms with E-state index in [-0.39, 0.29) is 36.1 Å². The van der Waals surface area contributed by atoms with Crippen LogP contribution < -0.4 is 30.7 Å². The van der Waals surface area contributed by atoms with Gasteiger partial charge < -0.3 is 40.2 Å². The zero-order valence-electron chi connectivity index (χ0n) is 29.9. The summed E-state index contributed by atoms with van der Waals surface area (Å²) in [7, 11) is 0. The molecule has 280 valence electrons. The summed E-state index contributed by atoms with van der Waals surface area (Å²) in [5.41, 5.74) is 3.73. The predicted octanol–water partition coefficient (Wildman–Crippen LogP) is 5.14. The second kappa shape index (κ2) is 18.9. The lowest BCUT2D eigenvalue weighted by atomic mass is 9.92. The summed E-state index contributed by atoms with van der Waals surface area (Å²) in [6, 6.07) is 11.5. The van der Waals surface area contributed by atoms with E-state index in [0.717, 1.165) is 98.2 Å². The molecule has 0 radical (unpaired) electrons. The lowest BCUT2D eigenvalue weighted by molar-refractivity contribution is -0.148. The molecule has 4 aliphatic rings. The highest BCUT2D eigenvalue weighted by Crippen LogP contribution is 2.32. The minimum atomic E-state index is -0.541. The zero-order chi connectivity index (χ0) is 36.1. The van der Waals surface area contributed by atoms with E-state index in [4.69, 9.17) is 18.9 Å². The molecule has 4 unspecified atom stereocenters. The Morgan fingerprint density at radius 1 is 0.635 bits per heavy atom. The minimum Gasteiger partial charge on any atom is -0.493 e. The molecule has 2 heterocycles. The molecule has 2 aliphatic heterocycles. The van der Waals surface area contributed by atoms with Gasteiger partial charge in [-0.05, 0) is 102 Å². The highest BCUT2D eigenvalue weighted by Gasteiger charge is 2.29. The predicted molar refractivity (Wildman–Crippen MR) is 196 cm³/mol. The highest BCUT2D eigenvalue weighted by atomic mass is 16.6. The molecule has 12 heteroatoms. The molecule has 2 aromatic carbocycles. The third kappa shape index (κ3) is 10.6. The van der Waals surface area contributed by atoms with E-state index in [1.807, 2.05) is 36.4 Å². The van der Waals surface area contributed by atoms with Crippen molar-refractivity contribution in [1.82, 2.24) is 10.6 Å². The molecule has 6 rings (SSSR count). The van der Waals surface area contributed by atoms with Crippen LogP contribution >= 0.6 is 0 Å². The summed E-state index contributed by atoms with van der Waals surface area (Å²) >= 11 is 0. The number of esters is 2. The lowest BCUT2D eigenvalue weighted by Crippen LogP contribution is -2.45. The summed E-state index contributed by atoms with van der Waals surface area (Å²) in [5.74, 6) is 0.601. The molecule has 0 bridgehead atoms. The van der Waals surface area contributed by atoms with Crippen LogP contribution in [-0.4, -0.2) is 74.3 Å². The SMILES string of the molecule is O=C1CCc2c(cccc2OCCCNC2CCCCC2OC(=O)/C=C/C(=O)OC2CCCCC2NCCCOc2cccc3c2CCC(=O)N3)N1. The topological polar surface area (TPSA) is 153 Å². The van der Waals surface area contributed by atoms with E-state index < -0.39 is 11.9 Å². The number of nitrogens with one attached hydrogen (secondary N) is 4. The average Bonchev–Trinajstić information content (AvgIpc) is 3.14. The van der Waals surface area contributed by atoms with Crippen LogP contribution in [0.5, 0.6) is 11.5 Å². The fourth-order valence-corrected chi connectivity index (χ4v) is 7.59. The van der Waals surface area contributed by atoms with Crippen molar-refractivity contribution in [3.8, 4) is 11.5 Å². The van der Waals surface area contributed by atoms with Gasteiger partial charge in [0.15, 0.2) is 0 Å². The molecule has 0 spiro atoms. The van der Waals surface area contributed by atoms with Crippen molar-refractivity contribution in [2.75, 3.05) is 36.9 Å². The van der Waals surface area contributed by atoms with Crippen LogP contribution in [0.4, 0.5) is 11.4 Å². The van der Waals surface area contributed by atoms with Gasteiger partial charge in [0.1, 0.15) is 23.7 Å². The van der Waals surface area contributed by atoms with Crippen LogP contribution in [0.15, 0.2) is 48.6 Å². The van der Waals surface area contributed by atoms with E-state index in [1.54, 1.807) is 0 Å². The molecule has 2 aliphatic carbocycles. The van der Waals surface area contributed by atoms with Gasteiger partial charge in [0, 0.05) is 59.6 Å². The van der Waals surface area contributed by atoms with Crippen molar-refractivity contribution in [2.24, 2.45) is 0 Å². The number of carbonyl (C=O) groups is 4. The number of hydrogen-bond acceptors (Lipinski definition) is 10. The first-order valence-corrected chi connectivity index (χ1v) is 19.1. The molecular weight excluding hydrogens is 664 g/mol. The maximum absolute atomic E-state index is 12.8. The number of ether oxygens (including phenoxy) is 4. The third-order valence-electron chi connectivity index (χ3n) is 10.3. The van der Waals surface area contributed by atoms with Crippen molar-refractivity contribution in [3.05, 3.63) is 59.7 Å². The van der Waals surface area contributed by atoms with Crippen LogP contribution in [0, 0.1) is 0 Å². The molecule has 2 aromatic rings. The van der Waals surface area contributed by atoms with Gasteiger partial charge in [0.2, 0.25) is 11.8 Å². The van der Waals surface area contributed by atoms with Gasteiger partial charge in [-0.15, -0.1) is 0 Å². The maximum Gasteiger partial charge on any atom is 0.331 e. The van der Waals surface area contributed by atoms with Crippen molar-refractivity contribution in [1.29, 1.82) is 0 Å². The normalized spacial score (nSPS) is 22.8. The summed E-state index contributed by atoms with van der Waals surface area (Å²) in [6.07, 6.45) is 13.1. The molecule has 4 atom stereocenters. The highest BCUT2D eigenvalue weighted by molar-refractivity contribution is 5.95. The summed E-state index contributed by atoms with van der Waals surface area (Å²) in [4.78, 5) is 48.9. The number of carbonyl (C=O) groups excluding carboxylic acids is 4. The van der Waals surface area contributed by atoms with Crippen LogP contribution in [-0.2, 0) is 41.5 Å². The van der Waals surface area contributed by atoms with Crippen molar-refractivity contribution >= 4 is 35.1 Å². The van der Waals surface area contributed by atoms with Gasteiger partial charge in [-0.1, -0.05) is 25.0 Å². The lowest BCUT2D eigenvalue weighted by Gasteiger charge is -2.32. The second-order valence-electron chi connectivity index (χ2n) is 14.0. The average molecular weight is 717 g/mol. The van der Waals surface area contributed by atoms with Gasteiger partial charge in [0.25, 0.3) is 0 Å². The van der Waals surface area contributed by atoms with E-state index in [1.165, 1.54) is 12.2 Å². The zero-order valence-corrected chi connectivity index (χ0v) is 29.9. The Hall–Kier alpha value is -4.42. The Morgan fingerprint density at radius 2 is 1.08 bits per heavy atom. The van der Waals surface area contributed by atoms with Crippen molar-refractivity contribution in [3.63, 3.8) is 0 Å². The standard InChI is InChI=1S/C40H52N4O8/c45-37-19-17-27-29(43-37)11-5-15-33(27)49-25-7-23-41-31-9-1-3-13-35(31)51-39(47)21-22-40(48)52-36-14-4-2-10-32(36)42-24-8-26-50-34-16-6-12-30-28(34)18-20-38(46)44-30/h5-6,11-12,15-16,21-22,31-32,35-36,41-42H,1-4,7-10,13-14,17-20,23-26H2,(H,43,45)(H,44,46)/b22-21+. The molecule has 2 fully saturated rings. The molecule has 2 amide bonds. The molecule has 0 aromatic heterocycles. The number of anilines is 2. The Kier molecular flexibility index (Phi) is 13.6. The maximum atomic E-state index is 12.8. The van der Waals surface area contributed by atoms with E-state index in [0.29, 0.717) is 52.0 Å². The molecule has 52 heavy (non-hydrogen) atoms. The van der Waals surface area contributed by atoms with E-state index in [2.05, 4.69) is 21.3 Å². The minimum absolute atomic E-state index is 0.0321. The van der Waals surface area contributed by atoms with E-state index >= 15 is 0 Å². The number of fused-ring (bicyclic) bond motifs is 2. The van der Waals surface area contributed by atoms with Crippen LogP contribution in [0.1, 0.15) is 88.2 Å². The van der Waals surface area contributed by atoms with Gasteiger partial charge in [-0.3, -0.25) is 9.59 Å². The molecule has 0 saturated heterocycles. The van der Waals surface area contributed by atoms with Gasteiger partial charge >= 0.3 is 11.9 Å². The fraction of sp³-hybridized carbons (Fsp3) is 0.550. The first-order valence-electron chi connectivity index (χ1n) is 19.1. The molecule has 12 nitrogen and oxygen atoms in total. The summed E-state index contributed by atoms with van der Waals surface area (Å²) in [5, 5.41) is 12.9. The van der Waals surface area contributed by atoms with Gasteiger partial charge in [0.05, 0.1) is 13.2 Å². The largest absolute Gasteiger partial charge is 0.493 e. The number of rotatable bonds is 16. The third-order valence-corrected chi connectivity index (χ3v) is 10.3. The Balaban J connectivity index is 0.879.